The van der Waals surface area contributed by atoms with Gasteiger partial charge >= 0.3 is 0 Å². The zero-order valence-corrected chi connectivity index (χ0v) is 11.5. The third-order valence-corrected chi connectivity index (χ3v) is 5.66. The van der Waals surface area contributed by atoms with E-state index in [1.807, 2.05) is 0 Å². The number of hydrogen-bond donors (Lipinski definition) is 1. The van der Waals surface area contributed by atoms with E-state index in [0.717, 1.165) is 30.0 Å². The third-order valence-electron chi connectivity index (χ3n) is 5.66. The van der Waals surface area contributed by atoms with Gasteiger partial charge in [-0.25, -0.2) is 0 Å². The Morgan fingerprint density at radius 3 is 2.47 bits per heavy atom. The first kappa shape index (κ1) is 12.0. The van der Waals surface area contributed by atoms with E-state index in [9.17, 15) is 0 Å². The molecule has 3 aliphatic rings. The highest BCUT2D eigenvalue weighted by molar-refractivity contribution is 4.96. The Morgan fingerprint density at radius 1 is 1.00 bits per heavy atom. The van der Waals surface area contributed by atoms with Crippen LogP contribution in [0.5, 0.6) is 0 Å². The maximum Gasteiger partial charge on any atom is 0.0226 e. The molecule has 0 radical (unpaired) electrons. The minimum atomic E-state index is 0.797. The summed E-state index contributed by atoms with van der Waals surface area (Å²) in [5.41, 5.74) is 0. The molecule has 0 aromatic heterocycles. The first-order chi connectivity index (χ1) is 8.25. The zero-order chi connectivity index (χ0) is 11.8. The van der Waals surface area contributed by atoms with Gasteiger partial charge in [0.15, 0.2) is 0 Å². The first-order valence-corrected chi connectivity index (χ1v) is 7.75. The minimum Gasteiger partial charge on any atom is -0.312 e. The summed E-state index contributed by atoms with van der Waals surface area (Å²) in [7, 11) is 0. The topological polar surface area (TPSA) is 15.3 Å². The normalized spacial score (nSPS) is 47.3. The molecule has 0 bridgehead atoms. The van der Waals surface area contributed by atoms with E-state index in [1.165, 1.54) is 51.6 Å². The average molecular weight is 236 g/mol. The van der Waals surface area contributed by atoms with Crippen molar-refractivity contribution in [3.05, 3.63) is 0 Å². The number of rotatable bonds is 2. The number of piperidine rings is 1. The lowest BCUT2D eigenvalue weighted by atomic mass is 9.91. The van der Waals surface area contributed by atoms with Crippen molar-refractivity contribution in [2.75, 3.05) is 13.1 Å². The Labute approximate surface area is 106 Å². The van der Waals surface area contributed by atoms with E-state index in [1.54, 1.807) is 0 Å². The molecule has 2 heterocycles. The quantitative estimate of drug-likeness (QED) is 0.793. The lowest BCUT2D eigenvalue weighted by Gasteiger charge is -2.41. The van der Waals surface area contributed by atoms with Crippen LogP contribution < -0.4 is 5.32 Å². The number of fused-ring (bicyclic) bond motifs is 1. The molecule has 17 heavy (non-hydrogen) atoms. The van der Waals surface area contributed by atoms with E-state index >= 15 is 0 Å². The fourth-order valence-electron chi connectivity index (χ4n) is 4.56. The Morgan fingerprint density at radius 2 is 1.71 bits per heavy atom. The summed E-state index contributed by atoms with van der Waals surface area (Å²) in [6.45, 7) is 7.46. The summed E-state index contributed by atoms with van der Waals surface area (Å²) >= 11 is 0. The van der Waals surface area contributed by atoms with Crippen LogP contribution in [0.25, 0.3) is 0 Å². The van der Waals surface area contributed by atoms with Gasteiger partial charge in [0.25, 0.3) is 0 Å². The Hall–Kier alpha value is -0.0800. The molecule has 1 N–H and O–H groups in total. The van der Waals surface area contributed by atoms with Crippen LogP contribution in [0.3, 0.4) is 0 Å². The van der Waals surface area contributed by atoms with E-state index in [4.69, 9.17) is 0 Å². The molecule has 2 nitrogen and oxygen atoms in total. The van der Waals surface area contributed by atoms with Gasteiger partial charge in [0, 0.05) is 24.7 Å². The second-order valence-corrected chi connectivity index (χ2v) is 6.70. The molecule has 3 rings (SSSR count). The molecular formula is C15H28N2. The first-order valence-electron chi connectivity index (χ1n) is 7.75. The average Bonchev–Trinajstić information content (AvgIpc) is 2.87. The van der Waals surface area contributed by atoms with Gasteiger partial charge < -0.3 is 5.32 Å². The van der Waals surface area contributed by atoms with E-state index in [-0.39, 0.29) is 0 Å². The SMILES string of the molecule is C[C@@H]1CCC[C@H](C)N1CC1NCC2CCCC21. The van der Waals surface area contributed by atoms with Gasteiger partial charge in [-0.15, -0.1) is 0 Å². The Bertz CT molecular complexity index is 256. The smallest absolute Gasteiger partial charge is 0.0226 e. The molecule has 0 spiro atoms. The molecule has 0 aromatic rings. The summed E-state index contributed by atoms with van der Waals surface area (Å²) in [4.78, 5) is 2.78. The van der Waals surface area contributed by atoms with Gasteiger partial charge in [-0.3, -0.25) is 4.90 Å². The highest BCUT2D eigenvalue weighted by Crippen LogP contribution is 2.38. The van der Waals surface area contributed by atoms with Crippen LogP contribution in [0, 0.1) is 11.8 Å². The van der Waals surface area contributed by atoms with E-state index in [0.29, 0.717) is 0 Å². The highest BCUT2D eigenvalue weighted by Gasteiger charge is 2.40. The summed E-state index contributed by atoms with van der Waals surface area (Å²) < 4.78 is 0. The van der Waals surface area contributed by atoms with Gasteiger partial charge in [0.1, 0.15) is 0 Å². The number of likely N-dealkylation sites (tertiary alicyclic amines) is 1. The van der Waals surface area contributed by atoms with Crippen molar-refractivity contribution in [1.82, 2.24) is 10.2 Å². The molecule has 0 aromatic carbocycles. The maximum atomic E-state index is 3.81. The second-order valence-electron chi connectivity index (χ2n) is 6.70. The van der Waals surface area contributed by atoms with Crippen LogP contribution in [-0.4, -0.2) is 36.1 Å². The van der Waals surface area contributed by atoms with Gasteiger partial charge in [-0.1, -0.05) is 12.8 Å². The fourth-order valence-corrected chi connectivity index (χ4v) is 4.56. The van der Waals surface area contributed by atoms with Crippen molar-refractivity contribution in [2.45, 2.75) is 70.5 Å². The molecule has 3 fully saturated rings. The molecule has 1 saturated carbocycles. The molecule has 3 unspecified atom stereocenters. The largest absolute Gasteiger partial charge is 0.312 e. The summed E-state index contributed by atoms with van der Waals surface area (Å²) in [6, 6.07) is 2.41. The zero-order valence-electron chi connectivity index (χ0n) is 11.5. The molecule has 2 aliphatic heterocycles. The summed E-state index contributed by atoms with van der Waals surface area (Å²) in [5.74, 6) is 2.01. The van der Waals surface area contributed by atoms with Crippen LogP contribution in [0.15, 0.2) is 0 Å². The lowest BCUT2D eigenvalue weighted by molar-refractivity contribution is 0.0863. The summed E-state index contributed by atoms with van der Waals surface area (Å²) in [5, 5.41) is 3.81. The van der Waals surface area contributed by atoms with Crippen LogP contribution in [0.1, 0.15) is 52.4 Å². The number of nitrogens with one attached hydrogen (secondary N) is 1. The van der Waals surface area contributed by atoms with Gasteiger partial charge in [0.2, 0.25) is 0 Å². The molecule has 2 heteroatoms. The van der Waals surface area contributed by atoms with Crippen molar-refractivity contribution in [1.29, 1.82) is 0 Å². The van der Waals surface area contributed by atoms with Crippen molar-refractivity contribution in [3.8, 4) is 0 Å². The Kier molecular flexibility index (Phi) is 3.45. The lowest BCUT2D eigenvalue weighted by Crippen LogP contribution is -2.50. The van der Waals surface area contributed by atoms with Crippen LogP contribution in [0.2, 0.25) is 0 Å². The van der Waals surface area contributed by atoms with Crippen LogP contribution >= 0.6 is 0 Å². The van der Waals surface area contributed by atoms with Gasteiger partial charge in [-0.2, -0.15) is 0 Å². The maximum absolute atomic E-state index is 3.81. The molecule has 5 atom stereocenters. The third kappa shape index (κ3) is 2.26. The predicted octanol–water partition coefficient (Wildman–Crippen LogP) is 2.64. The second kappa shape index (κ2) is 4.89. The summed E-state index contributed by atoms with van der Waals surface area (Å²) in [6.07, 6.45) is 8.70. The minimum absolute atomic E-state index is 0.797. The number of nitrogens with zero attached hydrogens (tertiary/aromatic N) is 1. The molecule has 98 valence electrons. The predicted molar refractivity (Wildman–Crippen MR) is 72.1 cm³/mol. The monoisotopic (exact) mass is 236 g/mol. The van der Waals surface area contributed by atoms with Crippen LogP contribution in [0.4, 0.5) is 0 Å². The van der Waals surface area contributed by atoms with Crippen molar-refractivity contribution in [3.63, 3.8) is 0 Å². The fraction of sp³-hybridized carbons (Fsp3) is 1.00. The molecular weight excluding hydrogens is 208 g/mol. The van der Waals surface area contributed by atoms with Crippen molar-refractivity contribution < 1.29 is 0 Å². The van der Waals surface area contributed by atoms with Gasteiger partial charge in [0.05, 0.1) is 0 Å². The standard InChI is InChI=1S/C15H28N2/c1-11-5-3-6-12(2)17(11)10-15-14-8-4-7-13(14)9-16-15/h11-16H,3-10H2,1-2H3/t11-,12+,13?,14?,15?. The van der Waals surface area contributed by atoms with E-state index in [2.05, 4.69) is 24.1 Å². The Balaban J connectivity index is 1.62. The number of hydrogen-bond acceptors (Lipinski definition) is 2. The van der Waals surface area contributed by atoms with E-state index < -0.39 is 0 Å². The highest BCUT2D eigenvalue weighted by atomic mass is 15.2. The van der Waals surface area contributed by atoms with Crippen molar-refractivity contribution >= 4 is 0 Å². The van der Waals surface area contributed by atoms with Crippen LogP contribution in [-0.2, 0) is 0 Å². The molecule has 2 saturated heterocycles. The van der Waals surface area contributed by atoms with Crippen molar-refractivity contribution in [2.24, 2.45) is 11.8 Å². The van der Waals surface area contributed by atoms with Gasteiger partial charge in [-0.05, 0) is 57.9 Å². The molecule has 0 amide bonds. The molecule has 1 aliphatic carbocycles.